The van der Waals surface area contributed by atoms with E-state index >= 15 is 0 Å². The molecule has 5 nitrogen and oxygen atoms in total. The van der Waals surface area contributed by atoms with E-state index in [0.29, 0.717) is 12.4 Å². The van der Waals surface area contributed by atoms with E-state index in [9.17, 15) is 4.79 Å². The molecule has 1 aromatic rings. The second-order valence-electron chi connectivity index (χ2n) is 2.34. The molecule has 0 aliphatic carbocycles. The van der Waals surface area contributed by atoms with Crippen LogP contribution in [0.1, 0.15) is 5.82 Å². The predicted octanol–water partition coefficient (Wildman–Crippen LogP) is -0.901. The normalized spacial score (nSPS) is 10.4. The van der Waals surface area contributed by atoms with Crippen LogP contribution in [0.5, 0.6) is 0 Å². The summed E-state index contributed by atoms with van der Waals surface area (Å²) in [6.45, 7) is 3.13. The first-order valence-electron chi connectivity index (χ1n) is 3.52. The Hall–Kier alpha value is -1.10. The van der Waals surface area contributed by atoms with Gasteiger partial charge in [0.25, 0.3) is 0 Å². The molecule has 0 radical (unpaired) electrons. The molecule has 0 fully saturated rings. The van der Waals surface area contributed by atoms with Crippen molar-refractivity contribution >= 4 is 0 Å². The molecule has 2 N–H and O–H groups in total. The van der Waals surface area contributed by atoms with E-state index in [1.165, 1.54) is 4.68 Å². The summed E-state index contributed by atoms with van der Waals surface area (Å²) in [5.74, 6) is 0.658. The van der Waals surface area contributed by atoms with Gasteiger partial charge in [-0.2, -0.15) is 5.10 Å². The van der Waals surface area contributed by atoms with Crippen molar-refractivity contribution in [1.82, 2.24) is 20.1 Å². The first-order valence-corrected chi connectivity index (χ1v) is 3.52. The highest BCUT2D eigenvalue weighted by atomic mass is 16.1. The number of H-pyrrole nitrogens is 1. The standard InChI is InChI=1S/C6H12N4O/c1-5-8-6(11)10(9-5)4-3-7-2/h7H,3-4H2,1-2H3,(H,8,9,11). The molecule has 0 unspecified atom stereocenters. The van der Waals surface area contributed by atoms with E-state index in [0.717, 1.165) is 6.54 Å². The molecule has 1 aromatic heterocycles. The molecule has 1 rings (SSSR count). The monoisotopic (exact) mass is 156 g/mol. The molecular weight excluding hydrogens is 144 g/mol. The maximum absolute atomic E-state index is 11.0. The minimum Gasteiger partial charge on any atom is -0.318 e. The van der Waals surface area contributed by atoms with Crippen molar-refractivity contribution < 1.29 is 0 Å². The Morgan fingerprint density at radius 2 is 2.45 bits per heavy atom. The Balaban J connectivity index is 2.70. The van der Waals surface area contributed by atoms with Crippen LogP contribution in [0.4, 0.5) is 0 Å². The minimum absolute atomic E-state index is 0.141. The molecule has 5 heteroatoms. The van der Waals surface area contributed by atoms with Crippen LogP contribution < -0.4 is 11.0 Å². The molecule has 0 aliphatic heterocycles. The molecule has 0 aliphatic rings. The van der Waals surface area contributed by atoms with E-state index in [-0.39, 0.29) is 5.69 Å². The predicted molar refractivity (Wildman–Crippen MR) is 41.5 cm³/mol. The van der Waals surface area contributed by atoms with Crippen LogP contribution in [0.25, 0.3) is 0 Å². The largest absolute Gasteiger partial charge is 0.343 e. The molecule has 1 heterocycles. The van der Waals surface area contributed by atoms with Gasteiger partial charge in [-0.05, 0) is 14.0 Å². The molecule has 0 saturated heterocycles. The number of nitrogens with zero attached hydrogens (tertiary/aromatic N) is 2. The number of aromatic amines is 1. The van der Waals surface area contributed by atoms with Crippen LogP contribution in [-0.2, 0) is 6.54 Å². The second kappa shape index (κ2) is 3.34. The lowest BCUT2D eigenvalue weighted by Gasteiger charge is -1.95. The molecule has 11 heavy (non-hydrogen) atoms. The van der Waals surface area contributed by atoms with Gasteiger partial charge in [-0.3, -0.25) is 4.98 Å². The highest BCUT2D eigenvalue weighted by molar-refractivity contribution is 4.75. The van der Waals surface area contributed by atoms with Gasteiger partial charge < -0.3 is 5.32 Å². The minimum atomic E-state index is -0.141. The van der Waals surface area contributed by atoms with Gasteiger partial charge in [-0.15, -0.1) is 0 Å². The van der Waals surface area contributed by atoms with Crippen molar-refractivity contribution in [3.05, 3.63) is 16.3 Å². The van der Waals surface area contributed by atoms with Gasteiger partial charge in [0, 0.05) is 6.54 Å². The molecule has 0 aromatic carbocycles. The van der Waals surface area contributed by atoms with Crippen LogP contribution in [0.2, 0.25) is 0 Å². The summed E-state index contributed by atoms with van der Waals surface area (Å²) in [4.78, 5) is 13.5. The third-order valence-electron chi connectivity index (χ3n) is 1.37. The Morgan fingerprint density at radius 1 is 1.73 bits per heavy atom. The summed E-state index contributed by atoms with van der Waals surface area (Å²) in [5.41, 5.74) is -0.141. The van der Waals surface area contributed by atoms with E-state index in [1.54, 1.807) is 6.92 Å². The van der Waals surface area contributed by atoms with Crippen LogP contribution in [0, 0.1) is 6.92 Å². The average Bonchev–Trinajstić information content (AvgIpc) is 2.26. The van der Waals surface area contributed by atoms with E-state index in [2.05, 4.69) is 15.4 Å². The van der Waals surface area contributed by atoms with E-state index < -0.39 is 0 Å². The third-order valence-corrected chi connectivity index (χ3v) is 1.37. The number of aryl methyl sites for hydroxylation is 1. The van der Waals surface area contributed by atoms with Crippen molar-refractivity contribution in [2.24, 2.45) is 0 Å². The number of aromatic nitrogens is 3. The highest BCUT2D eigenvalue weighted by Crippen LogP contribution is 1.78. The van der Waals surface area contributed by atoms with Gasteiger partial charge in [0.05, 0.1) is 6.54 Å². The molecule has 0 atom stereocenters. The Morgan fingerprint density at radius 3 is 2.91 bits per heavy atom. The van der Waals surface area contributed by atoms with Crippen LogP contribution >= 0.6 is 0 Å². The summed E-state index contributed by atoms with van der Waals surface area (Å²) in [7, 11) is 1.84. The first kappa shape index (κ1) is 8.00. The Bertz CT molecular complexity index is 274. The highest BCUT2D eigenvalue weighted by Gasteiger charge is 1.98. The Kier molecular flexibility index (Phi) is 2.43. The van der Waals surface area contributed by atoms with Crippen molar-refractivity contribution in [3.63, 3.8) is 0 Å². The van der Waals surface area contributed by atoms with Crippen molar-refractivity contribution in [1.29, 1.82) is 0 Å². The summed E-state index contributed by atoms with van der Waals surface area (Å²) in [6, 6.07) is 0. The molecule has 0 saturated carbocycles. The van der Waals surface area contributed by atoms with E-state index in [4.69, 9.17) is 0 Å². The van der Waals surface area contributed by atoms with Gasteiger partial charge in [0.1, 0.15) is 5.82 Å². The number of hydrogen-bond acceptors (Lipinski definition) is 3. The molecule has 0 amide bonds. The second-order valence-corrected chi connectivity index (χ2v) is 2.34. The summed E-state index contributed by atoms with van der Waals surface area (Å²) in [6.07, 6.45) is 0. The van der Waals surface area contributed by atoms with Gasteiger partial charge in [0.2, 0.25) is 0 Å². The zero-order valence-corrected chi connectivity index (χ0v) is 6.72. The fourth-order valence-corrected chi connectivity index (χ4v) is 0.840. The maximum Gasteiger partial charge on any atom is 0.343 e. The number of hydrogen-bond donors (Lipinski definition) is 2. The molecule has 0 bridgehead atoms. The van der Waals surface area contributed by atoms with Crippen molar-refractivity contribution in [2.45, 2.75) is 13.5 Å². The fourth-order valence-electron chi connectivity index (χ4n) is 0.840. The molecule has 62 valence electrons. The zero-order chi connectivity index (χ0) is 8.27. The topological polar surface area (TPSA) is 62.7 Å². The van der Waals surface area contributed by atoms with Gasteiger partial charge in [-0.25, -0.2) is 9.48 Å². The van der Waals surface area contributed by atoms with Crippen molar-refractivity contribution in [2.75, 3.05) is 13.6 Å². The first-order chi connectivity index (χ1) is 5.24. The number of likely N-dealkylation sites (N-methyl/N-ethyl adjacent to an activating group) is 1. The van der Waals surface area contributed by atoms with Gasteiger partial charge in [0.15, 0.2) is 0 Å². The van der Waals surface area contributed by atoms with Gasteiger partial charge >= 0.3 is 5.69 Å². The quantitative estimate of drug-likeness (QED) is 0.596. The number of rotatable bonds is 3. The lowest BCUT2D eigenvalue weighted by atomic mass is 10.6. The maximum atomic E-state index is 11.0. The smallest absolute Gasteiger partial charge is 0.318 e. The lowest BCUT2D eigenvalue weighted by Crippen LogP contribution is -2.24. The number of nitrogens with one attached hydrogen (secondary N) is 2. The summed E-state index contributed by atoms with van der Waals surface area (Å²) < 4.78 is 1.41. The third kappa shape index (κ3) is 1.91. The fraction of sp³-hybridized carbons (Fsp3) is 0.667. The summed E-state index contributed by atoms with van der Waals surface area (Å²) >= 11 is 0. The Labute approximate surface area is 64.4 Å². The van der Waals surface area contributed by atoms with Gasteiger partial charge in [-0.1, -0.05) is 0 Å². The molecule has 0 spiro atoms. The molecular formula is C6H12N4O. The van der Waals surface area contributed by atoms with Crippen LogP contribution in [-0.4, -0.2) is 28.4 Å². The van der Waals surface area contributed by atoms with E-state index in [1.807, 2.05) is 7.05 Å². The van der Waals surface area contributed by atoms with Crippen LogP contribution in [0.3, 0.4) is 0 Å². The van der Waals surface area contributed by atoms with Crippen LogP contribution in [0.15, 0.2) is 4.79 Å². The average molecular weight is 156 g/mol. The zero-order valence-electron chi connectivity index (χ0n) is 6.72. The SMILES string of the molecule is CNCCn1nc(C)[nH]c1=O. The summed E-state index contributed by atoms with van der Waals surface area (Å²) in [5, 5.41) is 6.90. The lowest BCUT2D eigenvalue weighted by molar-refractivity contribution is 0.564. The van der Waals surface area contributed by atoms with Crippen molar-refractivity contribution in [3.8, 4) is 0 Å².